The Morgan fingerprint density at radius 3 is 2.52 bits per heavy atom. The second-order valence-corrected chi connectivity index (χ2v) is 6.06. The molecule has 0 atom stereocenters. The first-order valence-electron chi connectivity index (χ1n) is 8.21. The standard InChI is InChI=1S/C18H13N3O6/c22-16-11-5-3-7-13(21(25)26)15(11)17(23)20(16)10-4-9-19-12-6-1-2-8-14(12)27-18(19)24/h1-3,5-8H,4,9-10H2. The molecule has 0 radical (unpaired) electrons. The molecule has 2 heterocycles. The van der Waals surface area contributed by atoms with Crippen LogP contribution < -0.4 is 5.76 Å². The lowest BCUT2D eigenvalue weighted by atomic mass is 10.1. The number of hydrogen-bond donors (Lipinski definition) is 0. The second kappa shape index (κ2) is 6.20. The molecular formula is C18H13N3O6. The summed E-state index contributed by atoms with van der Waals surface area (Å²) in [5.74, 6) is -1.77. The first-order valence-corrected chi connectivity index (χ1v) is 8.21. The average Bonchev–Trinajstić information content (AvgIpc) is 3.10. The number of carbonyl (C=O) groups excluding carboxylic acids is 2. The van der Waals surface area contributed by atoms with E-state index >= 15 is 0 Å². The number of rotatable bonds is 5. The van der Waals surface area contributed by atoms with E-state index in [1.165, 1.54) is 22.8 Å². The van der Waals surface area contributed by atoms with E-state index in [1.54, 1.807) is 24.3 Å². The number of carbonyl (C=O) groups is 2. The molecular weight excluding hydrogens is 354 g/mol. The first kappa shape index (κ1) is 16.7. The third kappa shape index (κ3) is 2.60. The molecule has 27 heavy (non-hydrogen) atoms. The van der Waals surface area contributed by atoms with Crippen molar-refractivity contribution in [3.63, 3.8) is 0 Å². The molecule has 1 aliphatic heterocycles. The molecule has 0 fully saturated rings. The number of nitrogens with zero attached hydrogens (tertiary/aromatic N) is 3. The minimum Gasteiger partial charge on any atom is -0.408 e. The fraction of sp³-hybridized carbons (Fsp3) is 0.167. The summed E-state index contributed by atoms with van der Waals surface area (Å²) in [5, 5.41) is 11.1. The topological polar surface area (TPSA) is 116 Å². The van der Waals surface area contributed by atoms with Crippen molar-refractivity contribution in [2.45, 2.75) is 13.0 Å². The largest absolute Gasteiger partial charge is 0.419 e. The van der Waals surface area contributed by atoms with E-state index in [-0.39, 0.29) is 29.9 Å². The summed E-state index contributed by atoms with van der Waals surface area (Å²) in [5.41, 5.74) is 0.545. The lowest BCUT2D eigenvalue weighted by molar-refractivity contribution is -0.385. The molecule has 9 heteroatoms. The van der Waals surface area contributed by atoms with Gasteiger partial charge in [0.1, 0.15) is 5.56 Å². The van der Waals surface area contributed by atoms with Gasteiger partial charge in [0.2, 0.25) is 0 Å². The van der Waals surface area contributed by atoms with Crippen LogP contribution in [0.5, 0.6) is 0 Å². The van der Waals surface area contributed by atoms with Crippen LogP contribution in [-0.2, 0) is 6.54 Å². The van der Waals surface area contributed by atoms with Crippen molar-refractivity contribution >= 4 is 28.6 Å². The number of nitro benzene ring substituents is 1. The zero-order valence-corrected chi connectivity index (χ0v) is 14.0. The number of fused-ring (bicyclic) bond motifs is 2. The van der Waals surface area contributed by atoms with Crippen molar-refractivity contribution in [3.05, 3.63) is 74.3 Å². The molecule has 9 nitrogen and oxygen atoms in total. The van der Waals surface area contributed by atoms with Crippen LogP contribution in [0.4, 0.5) is 5.69 Å². The maximum Gasteiger partial charge on any atom is 0.419 e. The van der Waals surface area contributed by atoms with Gasteiger partial charge in [-0.2, -0.15) is 0 Å². The van der Waals surface area contributed by atoms with Gasteiger partial charge in [0, 0.05) is 19.2 Å². The predicted octanol–water partition coefficient (Wildman–Crippen LogP) is 2.19. The van der Waals surface area contributed by atoms with Gasteiger partial charge in [-0.1, -0.05) is 18.2 Å². The molecule has 1 aromatic heterocycles. The Balaban J connectivity index is 1.54. The van der Waals surface area contributed by atoms with E-state index in [9.17, 15) is 24.5 Å². The monoisotopic (exact) mass is 367 g/mol. The fourth-order valence-electron chi connectivity index (χ4n) is 3.28. The van der Waals surface area contributed by atoms with Crippen molar-refractivity contribution < 1.29 is 18.9 Å². The third-order valence-corrected chi connectivity index (χ3v) is 4.51. The maximum atomic E-state index is 12.5. The van der Waals surface area contributed by atoms with Crippen LogP contribution in [0.1, 0.15) is 27.1 Å². The maximum absolute atomic E-state index is 12.5. The molecule has 2 amide bonds. The summed E-state index contributed by atoms with van der Waals surface area (Å²) in [6, 6.07) is 10.9. The van der Waals surface area contributed by atoms with E-state index < -0.39 is 22.5 Å². The van der Waals surface area contributed by atoms with Gasteiger partial charge in [0.25, 0.3) is 17.5 Å². The summed E-state index contributed by atoms with van der Waals surface area (Å²) in [6.07, 6.45) is 0.308. The highest BCUT2D eigenvalue weighted by Gasteiger charge is 2.40. The van der Waals surface area contributed by atoms with Gasteiger partial charge in [-0.15, -0.1) is 0 Å². The molecule has 4 rings (SSSR count). The quantitative estimate of drug-likeness (QED) is 0.388. The fourth-order valence-corrected chi connectivity index (χ4v) is 3.28. The zero-order chi connectivity index (χ0) is 19.1. The molecule has 0 N–H and O–H groups in total. The van der Waals surface area contributed by atoms with E-state index in [0.29, 0.717) is 17.5 Å². The molecule has 2 aromatic carbocycles. The van der Waals surface area contributed by atoms with Crippen molar-refractivity contribution in [1.29, 1.82) is 0 Å². The second-order valence-electron chi connectivity index (χ2n) is 6.06. The van der Waals surface area contributed by atoms with Crippen LogP contribution >= 0.6 is 0 Å². The predicted molar refractivity (Wildman–Crippen MR) is 93.6 cm³/mol. The Morgan fingerprint density at radius 2 is 1.74 bits per heavy atom. The third-order valence-electron chi connectivity index (χ3n) is 4.51. The van der Waals surface area contributed by atoms with E-state index in [1.807, 2.05) is 0 Å². The molecule has 0 unspecified atom stereocenters. The minimum absolute atomic E-state index is 0.0279. The Labute approximate surface area is 151 Å². The van der Waals surface area contributed by atoms with Crippen molar-refractivity contribution in [3.8, 4) is 0 Å². The number of aryl methyl sites for hydroxylation is 1. The van der Waals surface area contributed by atoms with Gasteiger partial charge < -0.3 is 4.42 Å². The van der Waals surface area contributed by atoms with Crippen LogP contribution in [0.15, 0.2) is 51.7 Å². The molecule has 1 aliphatic rings. The van der Waals surface area contributed by atoms with Crippen molar-refractivity contribution in [1.82, 2.24) is 9.47 Å². The number of amides is 2. The number of benzene rings is 2. The highest BCUT2D eigenvalue weighted by atomic mass is 16.6. The summed E-state index contributed by atoms with van der Waals surface area (Å²) < 4.78 is 6.57. The van der Waals surface area contributed by atoms with Crippen LogP contribution in [-0.4, -0.2) is 32.7 Å². The van der Waals surface area contributed by atoms with Gasteiger partial charge >= 0.3 is 5.76 Å². The zero-order valence-electron chi connectivity index (χ0n) is 14.0. The Bertz CT molecular complexity index is 1160. The SMILES string of the molecule is O=C1c2cccc([N+](=O)[O-])c2C(=O)N1CCCn1c(=O)oc2ccccc21. The molecule has 0 spiro atoms. The number of nitro groups is 1. The van der Waals surface area contributed by atoms with Crippen molar-refractivity contribution in [2.75, 3.05) is 6.54 Å². The Hall–Kier alpha value is -3.75. The minimum atomic E-state index is -0.688. The summed E-state index contributed by atoms with van der Waals surface area (Å²) in [7, 11) is 0. The normalized spacial score (nSPS) is 13.4. The molecule has 0 saturated heterocycles. The highest BCUT2D eigenvalue weighted by molar-refractivity contribution is 6.23. The van der Waals surface area contributed by atoms with Crippen LogP contribution in [0.25, 0.3) is 11.1 Å². The van der Waals surface area contributed by atoms with Crippen molar-refractivity contribution in [2.24, 2.45) is 0 Å². The molecule has 3 aromatic rings. The molecule has 0 bridgehead atoms. The lowest BCUT2D eigenvalue weighted by Gasteiger charge is -2.13. The van der Waals surface area contributed by atoms with Gasteiger partial charge in [0.15, 0.2) is 5.58 Å². The summed E-state index contributed by atoms with van der Waals surface area (Å²) in [4.78, 5) is 48.4. The molecule has 0 aliphatic carbocycles. The number of para-hydroxylation sites is 2. The Morgan fingerprint density at radius 1 is 0.963 bits per heavy atom. The lowest BCUT2D eigenvalue weighted by Crippen LogP contribution is -2.31. The number of oxazole rings is 1. The van der Waals surface area contributed by atoms with Crippen LogP contribution in [0.3, 0.4) is 0 Å². The van der Waals surface area contributed by atoms with Gasteiger partial charge in [0.05, 0.1) is 16.0 Å². The average molecular weight is 367 g/mol. The van der Waals surface area contributed by atoms with Crippen LogP contribution in [0, 0.1) is 10.1 Å². The van der Waals surface area contributed by atoms with Gasteiger partial charge in [-0.25, -0.2) is 4.79 Å². The van der Waals surface area contributed by atoms with Gasteiger partial charge in [-0.3, -0.25) is 29.2 Å². The first-order chi connectivity index (χ1) is 13.0. The number of imide groups is 1. The molecule has 0 saturated carbocycles. The van der Waals surface area contributed by atoms with Gasteiger partial charge in [-0.05, 0) is 24.6 Å². The van der Waals surface area contributed by atoms with E-state index in [2.05, 4.69) is 0 Å². The summed E-state index contributed by atoms with van der Waals surface area (Å²) in [6.45, 7) is 0.279. The van der Waals surface area contributed by atoms with Crippen LogP contribution in [0.2, 0.25) is 0 Å². The molecule has 136 valence electrons. The smallest absolute Gasteiger partial charge is 0.408 e. The highest BCUT2D eigenvalue weighted by Crippen LogP contribution is 2.30. The number of hydrogen-bond acceptors (Lipinski definition) is 6. The Kier molecular flexibility index (Phi) is 3.84. The number of aromatic nitrogens is 1. The van der Waals surface area contributed by atoms with E-state index in [0.717, 1.165) is 4.90 Å². The summed E-state index contributed by atoms with van der Waals surface area (Å²) >= 11 is 0. The van der Waals surface area contributed by atoms with E-state index in [4.69, 9.17) is 4.42 Å².